The smallest absolute Gasteiger partial charge is 0.242 e. The Morgan fingerprint density at radius 3 is 2.20 bits per heavy atom. The second-order valence-corrected chi connectivity index (χ2v) is 8.38. The summed E-state index contributed by atoms with van der Waals surface area (Å²) < 4.78 is 45.0. The zero-order chi connectivity index (χ0) is 15.7. The number of hydrogen-bond donors (Lipinski definition) is 2. The van der Waals surface area contributed by atoms with E-state index in [4.69, 9.17) is 5.14 Å². The van der Waals surface area contributed by atoms with Gasteiger partial charge in [0.1, 0.15) is 5.25 Å². The molecule has 7 nitrogen and oxygen atoms in total. The lowest BCUT2D eigenvalue weighted by Gasteiger charge is -2.12. The highest BCUT2D eigenvalue weighted by atomic mass is 32.2. The number of sulfone groups is 1. The summed E-state index contributed by atoms with van der Waals surface area (Å²) in [7, 11) is -7.32. The fourth-order valence-electron chi connectivity index (χ4n) is 1.48. The molecule has 0 saturated carbocycles. The molecule has 0 aliphatic rings. The Bertz CT molecular complexity index is 738. The van der Waals surface area contributed by atoms with Gasteiger partial charge in [-0.1, -0.05) is 0 Å². The van der Waals surface area contributed by atoms with Crippen LogP contribution in [-0.4, -0.2) is 34.2 Å². The molecule has 0 aliphatic carbocycles. The molecule has 3 N–H and O–H groups in total. The quantitative estimate of drug-likeness (QED) is 0.809. The molecule has 0 saturated heterocycles. The number of rotatable bonds is 4. The van der Waals surface area contributed by atoms with Gasteiger partial charge in [0, 0.05) is 11.9 Å². The summed E-state index contributed by atoms with van der Waals surface area (Å²) in [6, 6.07) is 4.01. The molecule has 0 fully saturated rings. The fourth-order valence-corrected chi connectivity index (χ4v) is 2.70. The molecule has 0 radical (unpaired) electrons. The second kappa shape index (κ2) is 5.51. The van der Waals surface area contributed by atoms with Gasteiger partial charge in [-0.15, -0.1) is 0 Å². The van der Waals surface area contributed by atoms with Gasteiger partial charge in [0.25, 0.3) is 0 Å². The van der Waals surface area contributed by atoms with Gasteiger partial charge in [0.15, 0.2) is 9.84 Å². The van der Waals surface area contributed by atoms with Crippen molar-refractivity contribution in [3.63, 3.8) is 0 Å². The number of carbonyl (C=O) groups excluding carboxylic acids is 1. The molecule has 0 heterocycles. The minimum absolute atomic E-state index is 0.0494. The zero-order valence-electron chi connectivity index (χ0n) is 11.2. The maximum absolute atomic E-state index is 11.7. The lowest BCUT2D eigenvalue weighted by Crippen LogP contribution is -2.31. The van der Waals surface area contributed by atoms with Gasteiger partial charge in [-0.05, 0) is 37.6 Å². The van der Waals surface area contributed by atoms with Crippen molar-refractivity contribution in [2.24, 2.45) is 5.14 Å². The maximum atomic E-state index is 11.7. The largest absolute Gasteiger partial charge is 0.325 e. The molecule has 1 unspecified atom stereocenters. The van der Waals surface area contributed by atoms with Crippen molar-refractivity contribution in [3.8, 4) is 0 Å². The number of anilines is 1. The minimum Gasteiger partial charge on any atom is -0.325 e. The molecular formula is C11H16N2O5S2. The van der Waals surface area contributed by atoms with E-state index in [-0.39, 0.29) is 4.90 Å². The van der Waals surface area contributed by atoms with E-state index in [1.165, 1.54) is 32.0 Å². The summed E-state index contributed by atoms with van der Waals surface area (Å²) in [5.74, 6) is -0.685. The third-order valence-electron chi connectivity index (χ3n) is 2.76. The summed E-state index contributed by atoms with van der Waals surface area (Å²) in [5.41, 5.74) is 0.660. The van der Waals surface area contributed by atoms with Crippen molar-refractivity contribution in [1.82, 2.24) is 0 Å². The van der Waals surface area contributed by atoms with E-state index in [9.17, 15) is 21.6 Å². The van der Waals surface area contributed by atoms with Crippen molar-refractivity contribution >= 4 is 31.5 Å². The van der Waals surface area contributed by atoms with Gasteiger partial charge in [-0.25, -0.2) is 22.0 Å². The number of sulfonamides is 1. The van der Waals surface area contributed by atoms with E-state index in [2.05, 4.69) is 5.32 Å². The van der Waals surface area contributed by atoms with Crippen LogP contribution in [0.2, 0.25) is 0 Å². The third-order valence-corrected chi connectivity index (χ3v) is 5.33. The molecule has 9 heteroatoms. The molecule has 0 bridgehead atoms. The van der Waals surface area contributed by atoms with Crippen molar-refractivity contribution < 1.29 is 21.6 Å². The number of amides is 1. The number of primary sulfonamides is 1. The predicted molar refractivity (Wildman–Crippen MR) is 75.5 cm³/mol. The van der Waals surface area contributed by atoms with Crippen molar-refractivity contribution in [2.45, 2.75) is 24.0 Å². The van der Waals surface area contributed by atoms with Gasteiger partial charge in [0.2, 0.25) is 15.9 Å². The van der Waals surface area contributed by atoms with Gasteiger partial charge in [0.05, 0.1) is 4.90 Å². The standard InChI is InChI=1S/C11H16N2O5S2/c1-7-6-9(4-5-10(7)20(12,17)18)13-11(14)8(2)19(3,15)16/h4-6,8H,1-3H3,(H,13,14)(H2,12,17,18). The first-order valence-corrected chi connectivity index (χ1v) is 9.06. The fraction of sp³-hybridized carbons (Fsp3) is 0.364. The summed E-state index contributed by atoms with van der Waals surface area (Å²) >= 11 is 0. The molecule has 0 aromatic heterocycles. The minimum atomic E-state index is -3.83. The van der Waals surface area contributed by atoms with Crippen LogP contribution in [0.3, 0.4) is 0 Å². The first-order valence-electron chi connectivity index (χ1n) is 5.56. The molecule has 1 aromatic carbocycles. The molecule has 0 aliphatic heterocycles. The van der Waals surface area contributed by atoms with Crippen LogP contribution in [0.4, 0.5) is 5.69 Å². The van der Waals surface area contributed by atoms with E-state index >= 15 is 0 Å². The van der Waals surface area contributed by atoms with E-state index < -0.39 is 31.0 Å². The SMILES string of the molecule is Cc1cc(NC(=O)C(C)S(C)(=O)=O)ccc1S(N)(=O)=O. The highest BCUT2D eigenvalue weighted by Gasteiger charge is 2.23. The highest BCUT2D eigenvalue weighted by Crippen LogP contribution is 2.19. The van der Waals surface area contributed by atoms with Gasteiger partial charge in [-0.2, -0.15) is 0 Å². The van der Waals surface area contributed by atoms with Crippen LogP contribution >= 0.6 is 0 Å². The van der Waals surface area contributed by atoms with E-state index in [1.54, 1.807) is 0 Å². The number of hydrogen-bond acceptors (Lipinski definition) is 5. The average Bonchev–Trinajstić information content (AvgIpc) is 2.24. The summed E-state index contributed by atoms with van der Waals surface area (Å²) in [4.78, 5) is 11.7. The second-order valence-electron chi connectivity index (χ2n) is 4.49. The molecule has 1 rings (SSSR count). The van der Waals surface area contributed by atoms with Crippen LogP contribution < -0.4 is 10.5 Å². The maximum Gasteiger partial charge on any atom is 0.242 e. The molecule has 1 aromatic rings. The van der Waals surface area contributed by atoms with Crippen LogP contribution in [-0.2, 0) is 24.7 Å². The molecule has 1 atom stereocenters. The Morgan fingerprint density at radius 1 is 1.25 bits per heavy atom. The average molecular weight is 320 g/mol. The number of nitrogens with two attached hydrogens (primary N) is 1. The number of benzene rings is 1. The summed E-state index contributed by atoms with van der Waals surface area (Å²) in [6.45, 7) is 2.80. The topological polar surface area (TPSA) is 123 Å². The normalized spacial score (nSPS) is 13.8. The Hall–Kier alpha value is -1.45. The predicted octanol–water partition coefficient (Wildman–Crippen LogP) is 0.0140. The lowest BCUT2D eigenvalue weighted by molar-refractivity contribution is -0.115. The van der Waals surface area contributed by atoms with Crippen LogP contribution in [0.15, 0.2) is 23.1 Å². The number of carbonyl (C=O) groups is 1. The molecule has 112 valence electrons. The van der Waals surface area contributed by atoms with E-state index in [0.29, 0.717) is 11.3 Å². The Balaban J connectivity index is 3.02. The van der Waals surface area contributed by atoms with Crippen molar-refractivity contribution in [3.05, 3.63) is 23.8 Å². The van der Waals surface area contributed by atoms with Gasteiger partial charge in [-0.3, -0.25) is 4.79 Å². The Labute approximate surface area is 118 Å². The molecule has 20 heavy (non-hydrogen) atoms. The highest BCUT2D eigenvalue weighted by molar-refractivity contribution is 7.92. The Kier molecular flexibility index (Phi) is 4.57. The number of nitrogens with one attached hydrogen (secondary N) is 1. The van der Waals surface area contributed by atoms with Crippen LogP contribution in [0, 0.1) is 6.92 Å². The molecule has 1 amide bonds. The number of aryl methyl sites for hydroxylation is 1. The third kappa shape index (κ3) is 4.02. The van der Waals surface area contributed by atoms with Crippen LogP contribution in [0.5, 0.6) is 0 Å². The van der Waals surface area contributed by atoms with Crippen LogP contribution in [0.1, 0.15) is 12.5 Å². The van der Waals surface area contributed by atoms with E-state index in [1.807, 2.05) is 0 Å². The first kappa shape index (κ1) is 16.6. The summed E-state index contributed by atoms with van der Waals surface area (Å²) in [5, 5.41) is 6.24. The van der Waals surface area contributed by atoms with Gasteiger partial charge < -0.3 is 5.32 Å². The lowest BCUT2D eigenvalue weighted by atomic mass is 10.2. The monoisotopic (exact) mass is 320 g/mol. The van der Waals surface area contributed by atoms with Crippen molar-refractivity contribution in [2.75, 3.05) is 11.6 Å². The molecule has 0 spiro atoms. The first-order chi connectivity index (χ1) is 8.93. The van der Waals surface area contributed by atoms with Crippen molar-refractivity contribution in [1.29, 1.82) is 0 Å². The zero-order valence-corrected chi connectivity index (χ0v) is 12.9. The van der Waals surface area contributed by atoms with E-state index in [0.717, 1.165) is 6.26 Å². The summed E-state index contributed by atoms with van der Waals surface area (Å²) in [6.07, 6.45) is 0.965. The van der Waals surface area contributed by atoms with Crippen LogP contribution in [0.25, 0.3) is 0 Å². The van der Waals surface area contributed by atoms with Gasteiger partial charge >= 0.3 is 0 Å². The Morgan fingerprint density at radius 2 is 1.80 bits per heavy atom. The molecular weight excluding hydrogens is 304 g/mol.